The minimum absolute atomic E-state index is 0.0175. The number of benzene rings is 1. The Morgan fingerprint density at radius 3 is 2.79 bits per heavy atom. The van der Waals surface area contributed by atoms with Crippen LogP contribution in [0.25, 0.3) is 0 Å². The van der Waals surface area contributed by atoms with Crippen molar-refractivity contribution >= 4 is 28.1 Å². The van der Waals surface area contributed by atoms with Crippen LogP contribution in [0.15, 0.2) is 35.1 Å². The van der Waals surface area contributed by atoms with E-state index in [1.165, 1.54) is 5.56 Å². The van der Waals surface area contributed by atoms with Gasteiger partial charge in [-0.05, 0) is 29.9 Å². The second-order valence-corrected chi connectivity index (χ2v) is 6.25. The van der Waals surface area contributed by atoms with Gasteiger partial charge in [0.25, 0.3) is 0 Å². The predicted octanol–water partition coefficient (Wildman–Crippen LogP) is 2.68. The molecule has 0 aliphatic carbocycles. The maximum atomic E-state index is 5.45. The number of hydrogen-bond acceptors (Lipinski definition) is 3. The summed E-state index contributed by atoms with van der Waals surface area (Å²) in [4.78, 5) is 0. The molecule has 1 saturated heterocycles. The summed E-state index contributed by atoms with van der Waals surface area (Å²) in [5.74, 6) is 0. The normalized spacial score (nSPS) is 17.2. The van der Waals surface area contributed by atoms with Gasteiger partial charge < -0.3 is 9.30 Å². The second kappa shape index (κ2) is 4.85. The van der Waals surface area contributed by atoms with Crippen molar-refractivity contribution in [3.8, 4) is 0 Å². The molecule has 2 heterocycles. The van der Waals surface area contributed by atoms with Gasteiger partial charge in [0.05, 0.1) is 25.2 Å². The van der Waals surface area contributed by atoms with E-state index in [1.807, 2.05) is 22.4 Å². The molecule has 0 N–H and O–H groups in total. The molecule has 0 atom stereocenters. The zero-order chi connectivity index (χ0) is 13.5. The molecule has 0 radical (unpaired) electrons. The SMILES string of the molecule is Cn1cnn(CC2(c3cccc(Br)c3)COC2)c1=S. The van der Waals surface area contributed by atoms with E-state index in [1.54, 1.807) is 6.33 Å². The van der Waals surface area contributed by atoms with Crippen molar-refractivity contribution in [2.75, 3.05) is 13.2 Å². The van der Waals surface area contributed by atoms with E-state index in [9.17, 15) is 0 Å². The molecular formula is C13H14BrN3OS. The zero-order valence-corrected chi connectivity index (χ0v) is 12.9. The van der Waals surface area contributed by atoms with Crippen LogP contribution in [0.3, 0.4) is 0 Å². The Morgan fingerprint density at radius 1 is 1.47 bits per heavy atom. The lowest BCUT2D eigenvalue weighted by Crippen LogP contribution is -2.50. The molecule has 0 amide bonds. The van der Waals surface area contributed by atoms with E-state index in [0.29, 0.717) is 13.2 Å². The van der Waals surface area contributed by atoms with Crippen LogP contribution < -0.4 is 0 Å². The van der Waals surface area contributed by atoms with Crippen LogP contribution in [0.1, 0.15) is 5.56 Å². The number of ether oxygens (including phenoxy) is 1. The zero-order valence-electron chi connectivity index (χ0n) is 10.5. The molecule has 2 aromatic rings. The molecular weight excluding hydrogens is 326 g/mol. The lowest BCUT2D eigenvalue weighted by Gasteiger charge is -2.41. The van der Waals surface area contributed by atoms with Crippen molar-refractivity contribution in [2.24, 2.45) is 7.05 Å². The van der Waals surface area contributed by atoms with Gasteiger partial charge in [-0.1, -0.05) is 28.1 Å². The van der Waals surface area contributed by atoms with Crippen molar-refractivity contribution < 1.29 is 4.74 Å². The first kappa shape index (κ1) is 13.0. The van der Waals surface area contributed by atoms with Crippen molar-refractivity contribution in [3.63, 3.8) is 0 Å². The van der Waals surface area contributed by atoms with Gasteiger partial charge in [0, 0.05) is 11.5 Å². The molecule has 19 heavy (non-hydrogen) atoms. The number of rotatable bonds is 3. The topological polar surface area (TPSA) is 32.0 Å². The van der Waals surface area contributed by atoms with Gasteiger partial charge in [0.1, 0.15) is 6.33 Å². The molecule has 0 bridgehead atoms. The second-order valence-electron chi connectivity index (χ2n) is 4.97. The van der Waals surface area contributed by atoms with Crippen molar-refractivity contribution in [3.05, 3.63) is 45.4 Å². The summed E-state index contributed by atoms with van der Waals surface area (Å²) in [5.41, 5.74) is 1.25. The van der Waals surface area contributed by atoms with Crippen LogP contribution in [0.4, 0.5) is 0 Å². The predicted molar refractivity (Wildman–Crippen MR) is 78.7 cm³/mol. The van der Waals surface area contributed by atoms with E-state index in [-0.39, 0.29) is 5.41 Å². The Labute approximate surface area is 125 Å². The van der Waals surface area contributed by atoms with E-state index in [4.69, 9.17) is 17.0 Å². The fourth-order valence-electron chi connectivity index (χ4n) is 2.33. The van der Waals surface area contributed by atoms with Crippen LogP contribution in [0, 0.1) is 4.77 Å². The van der Waals surface area contributed by atoms with Crippen LogP contribution >= 0.6 is 28.1 Å². The molecule has 1 aromatic heterocycles. The molecule has 3 rings (SSSR count). The Kier molecular flexibility index (Phi) is 3.32. The van der Waals surface area contributed by atoms with Crippen molar-refractivity contribution in [2.45, 2.75) is 12.0 Å². The molecule has 0 saturated carbocycles. The molecule has 4 nitrogen and oxygen atoms in total. The number of hydrogen-bond donors (Lipinski definition) is 0. The lowest BCUT2D eigenvalue weighted by molar-refractivity contribution is -0.0703. The Hall–Kier alpha value is -0.980. The summed E-state index contributed by atoms with van der Waals surface area (Å²) < 4.78 is 11.0. The fraction of sp³-hybridized carbons (Fsp3) is 0.385. The third-order valence-corrected chi connectivity index (χ3v) is 4.52. The third-order valence-electron chi connectivity index (χ3n) is 3.53. The molecule has 100 valence electrons. The van der Waals surface area contributed by atoms with E-state index in [0.717, 1.165) is 15.8 Å². The summed E-state index contributed by atoms with van der Waals surface area (Å²) in [5, 5.41) is 4.34. The number of halogens is 1. The summed E-state index contributed by atoms with van der Waals surface area (Å²) in [6.45, 7) is 2.17. The summed E-state index contributed by atoms with van der Waals surface area (Å²) >= 11 is 8.88. The van der Waals surface area contributed by atoms with E-state index < -0.39 is 0 Å². The first-order chi connectivity index (χ1) is 9.11. The first-order valence-corrected chi connectivity index (χ1v) is 7.23. The smallest absolute Gasteiger partial charge is 0.197 e. The van der Waals surface area contributed by atoms with Crippen molar-refractivity contribution in [1.82, 2.24) is 14.3 Å². The maximum absolute atomic E-state index is 5.45. The quantitative estimate of drug-likeness (QED) is 0.806. The molecule has 1 aromatic carbocycles. The monoisotopic (exact) mass is 339 g/mol. The lowest BCUT2D eigenvalue weighted by atomic mass is 9.78. The third kappa shape index (κ3) is 2.28. The fourth-order valence-corrected chi connectivity index (χ4v) is 2.89. The van der Waals surface area contributed by atoms with Gasteiger partial charge in [-0.2, -0.15) is 5.10 Å². The van der Waals surface area contributed by atoms with Crippen molar-refractivity contribution in [1.29, 1.82) is 0 Å². The molecule has 0 unspecified atom stereocenters. The molecule has 1 fully saturated rings. The largest absolute Gasteiger partial charge is 0.379 e. The van der Waals surface area contributed by atoms with Gasteiger partial charge in [0.15, 0.2) is 4.77 Å². The average molecular weight is 340 g/mol. The van der Waals surface area contributed by atoms with E-state index >= 15 is 0 Å². The molecule has 1 aliphatic rings. The van der Waals surface area contributed by atoms with Crippen LogP contribution in [-0.4, -0.2) is 27.6 Å². The maximum Gasteiger partial charge on any atom is 0.197 e. The molecule has 6 heteroatoms. The molecule has 1 aliphatic heterocycles. The Balaban J connectivity index is 1.96. The number of aryl methyl sites for hydroxylation is 1. The minimum atomic E-state index is -0.0175. The summed E-state index contributed by atoms with van der Waals surface area (Å²) in [7, 11) is 1.91. The van der Waals surface area contributed by atoms with E-state index in [2.05, 4.69) is 39.2 Å². The van der Waals surface area contributed by atoms with Gasteiger partial charge in [0.2, 0.25) is 0 Å². The van der Waals surface area contributed by atoms with Gasteiger partial charge in [-0.3, -0.25) is 0 Å². The van der Waals surface area contributed by atoms with Gasteiger partial charge in [-0.15, -0.1) is 0 Å². The van der Waals surface area contributed by atoms with Crippen LogP contribution in [0.2, 0.25) is 0 Å². The summed E-state index contributed by atoms with van der Waals surface area (Å²) in [6, 6.07) is 8.37. The standard InChI is InChI=1S/C13H14BrN3OS/c1-16-9-15-17(12(16)19)6-13(7-18-8-13)10-3-2-4-11(14)5-10/h2-5,9H,6-8H2,1H3. The number of aromatic nitrogens is 3. The minimum Gasteiger partial charge on any atom is -0.379 e. The first-order valence-electron chi connectivity index (χ1n) is 6.03. The highest BCUT2D eigenvalue weighted by Crippen LogP contribution is 2.35. The van der Waals surface area contributed by atoms with Crippen LogP contribution in [0.5, 0.6) is 0 Å². The summed E-state index contributed by atoms with van der Waals surface area (Å²) in [6.07, 6.45) is 1.75. The molecule has 0 spiro atoms. The number of nitrogens with zero attached hydrogens (tertiary/aromatic N) is 3. The highest BCUT2D eigenvalue weighted by molar-refractivity contribution is 9.10. The van der Waals surface area contributed by atoms with Crippen LogP contribution in [-0.2, 0) is 23.7 Å². The van der Waals surface area contributed by atoms with Gasteiger partial charge in [-0.25, -0.2) is 4.68 Å². The highest BCUT2D eigenvalue weighted by Gasteiger charge is 2.41. The Bertz CT molecular complexity index is 660. The van der Waals surface area contributed by atoms with Gasteiger partial charge >= 0.3 is 0 Å². The average Bonchev–Trinajstić information content (AvgIpc) is 2.65. The Morgan fingerprint density at radius 2 is 2.26 bits per heavy atom. The highest BCUT2D eigenvalue weighted by atomic mass is 79.9.